The summed E-state index contributed by atoms with van der Waals surface area (Å²) in [6.07, 6.45) is -4.69. The highest BCUT2D eigenvalue weighted by atomic mass is 32.2. The average molecular weight is 443 g/mol. The van der Waals surface area contributed by atoms with Gasteiger partial charge in [0.15, 0.2) is 11.6 Å². The number of hydrogen-bond acceptors (Lipinski definition) is 3. The van der Waals surface area contributed by atoms with Gasteiger partial charge in [-0.25, -0.2) is 22.3 Å². The van der Waals surface area contributed by atoms with Crippen molar-refractivity contribution in [3.8, 4) is 28.0 Å². The van der Waals surface area contributed by atoms with E-state index in [1.807, 2.05) is 0 Å². The number of hydrogen-bond donors (Lipinski definition) is 1. The molecule has 0 aromatic heterocycles. The number of ether oxygens (including phenoxy) is 1. The number of primary sulfonamides is 1. The Hall–Kier alpha value is -2.98. The standard InChI is InChI=1S/C20H14F5NO3S/c1-29-18-8-11(6-7-15(18)20(23,24)25)13-9-16(21)17(22)10-14(13)12-4-2-3-5-19(12)30(26,27)28/h2-10H,1H3,(H2,26,27,28). The lowest BCUT2D eigenvalue weighted by molar-refractivity contribution is -0.138. The first-order valence-electron chi connectivity index (χ1n) is 8.30. The second kappa shape index (κ2) is 7.69. The van der Waals surface area contributed by atoms with Crippen LogP contribution in [0.3, 0.4) is 0 Å². The molecular weight excluding hydrogens is 429 g/mol. The summed E-state index contributed by atoms with van der Waals surface area (Å²) in [6.45, 7) is 0. The highest BCUT2D eigenvalue weighted by molar-refractivity contribution is 7.89. The molecule has 0 aliphatic rings. The second-order valence-corrected chi connectivity index (χ2v) is 7.80. The van der Waals surface area contributed by atoms with E-state index in [0.29, 0.717) is 0 Å². The normalized spacial score (nSPS) is 12.1. The summed E-state index contributed by atoms with van der Waals surface area (Å²) in [4.78, 5) is -0.351. The smallest absolute Gasteiger partial charge is 0.419 e. The zero-order valence-corrected chi connectivity index (χ0v) is 16.1. The Labute approximate surface area is 168 Å². The zero-order chi connectivity index (χ0) is 22.3. The third kappa shape index (κ3) is 4.14. The van der Waals surface area contributed by atoms with Gasteiger partial charge in [0.1, 0.15) is 5.75 Å². The van der Waals surface area contributed by atoms with Crippen molar-refractivity contribution >= 4 is 10.0 Å². The van der Waals surface area contributed by atoms with Gasteiger partial charge in [0.25, 0.3) is 0 Å². The second-order valence-electron chi connectivity index (χ2n) is 6.27. The Bertz CT molecular complexity index is 1220. The summed E-state index contributed by atoms with van der Waals surface area (Å²) >= 11 is 0. The van der Waals surface area contributed by atoms with E-state index in [4.69, 9.17) is 9.88 Å². The summed E-state index contributed by atoms with van der Waals surface area (Å²) in [5.74, 6) is -3.06. The van der Waals surface area contributed by atoms with Crippen molar-refractivity contribution in [3.05, 3.63) is 71.8 Å². The van der Waals surface area contributed by atoms with Crippen molar-refractivity contribution in [2.75, 3.05) is 7.11 Å². The molecule has 3 aromatic carbocycles. The summed E-state index contributed by atoms with van der Waals surface area (Å²) in [7, 11) is -3.19. The topological polar surface area (TPSA) is 69.4 Å². The third-order valence-electron chi connectivity index (χ3n) is 4.36. The van der Waals surface area contributed by atoms with Crippen molar-refractivity contribution < 1.29 is 35.1 Å². The molecule has 0 spiro atoms. The van der Waals surface area contributed by atoms with Crippen LogP contribution in [-0.4, -0.2) is 15.5 Å². The fourth-order valence-corrected chi connectivity index (χ4v) is 3.79. The van der Waals surface area contributed by atoms with Gasteiger partial charge in [0.2, 0.25) is 10.0 Å². The predicted molar refractivity (Wildman–Crippen MR) is 100 cm³/mol. The molecule has 0 fully saturated rings. The summed E-state index contributed by atoms with van der Waals surface area (Å²) in [6, 6.07) is 9.71. The summed E-state index contributed by atoms with van der Waals surface area (Å²) in [5, 5.41) is 5.22. The Balaban J connectivity index is 2.33. The lowest BCUT2D eigenvalue weighted by Crippen LogP contribution is -2.13. The molecule has 3 rings (SSSR count). The largest absolute Gasteiger partial charge is 0.496 e. The fraction of sp³-hybridized carbons (Fsp3) is 0.100. The van der Waals surface area contributed by atoms with Crippen LogP contribution in [0.15, 0.2) is 59.5 Å². The summed E-state index contributed by atoms with van der Waals surface area (Å²) < 4.78 is 96.2. The van der Waals surface area contributed by atoms with E-state index in [1.54, 1.807) is 0 Å². The molecule has 0 amide bonds. The molecule has 0 aliphatic heterocycles. The van der Waals surface area contributed by atoms with E-state index in [-0.39, 0.29) is 27.1 Å². The van der Waals surface area contributed by atoms with E-state index >= 15 is 0 Å². The van der Waals surface area contributed by atoms with Crippen LogP contribution in [0.5, 0.6) is 5.75 Å². The van der Waals surface area contributed by atoms with Crippen molar-refractivity contribution in [2.24, 2.45) is 5.14 Å². The lowest BCUT2D eigenvalue weighted by Gasteiger charge is -2.17. The molecular formula is C20H14F5NO3S. The molecule has 0 atom stereocenters. The molecule has 4 nitrogen and oxygen atoms in total. The Morgan fingerprint density at radius 3 is 2.03 bits per heavy atom. The van der Waals surface area contributed by atoms with Crippen LogP contribution in [0.1, 0.15) is 5.56 Å². The van der Waals surface area contributed by atoms with Crippen LogP contribution in [0.2, 0.25) is 0 Å². The Morgan fingerprint density at radius 1 is 0.867 bits per heavy atom. The van der Waals surface area contributed by atoms with Crippen molar-refractivity contribution in [2.45, 2.75) is 11.1 Å². The number of sulfonamides is 1. The molecule has 30 heavy (non-hydrogen) atoms. The monoisotopic (exact) mass is 443 g/mol. The number of alkyl halides is 3. The highest BCUT2D eigenvalue weighted by Gasteiger charge is 2.34. The van der Waals surface area contributed by atoms with Crippen molar-refractivity contribution in [1.29, 1.82) is 0 Å². The van der Waals surface area contributed by atoms with Crippen LogP contribution in [0, 0.1) is 11.6 Å². The van der Waals surface area contributed by atoms with Gasteiger partial charge in [-0.05, 0) is 47.0 Å². The number of methoxy groups -OCH3 is 1. The Morgan fingerprint density at radius 2 is 1.47 bits per heavy atom. The molecule has 0 unspecified atom stereocenters. The van der Waals surface area contributed by atoms with Crippen molar-refractivity contribution in [3.63, 3.8) is 0 Å². The molecule has 0 bridgehead atoms. The quantitative estimate of drug-likeness (QED) is 0.579. The van der Waals surface area contributed by atoms with E-state index in [9.17, 15) is 30.4 Å². The SMILES string of the molecule is COc1cc(-c2cc(F)c(F)cc2-c2ccccc2S(N)(=O)=O)ccc1C(F)(F)F. The molecule has 158 valence electrons. The molecule has 2 N–H and O–H groups in total. The molecule has 0 saturated carbocycles. The van der Waals surface area contributed by atoms with Crippen LogP contribution in [-0.2, 0) is 16.2 Å². The number of benzene rings is 3. The number of nitrogens with two attached hydrogens (primary N) is 1. The van der Waals surface area contributed by atoms with Gasteiger partial charge >= 0.3 is 6.18 Å². The fourth-order valence-electron chi connectivity index (χ4n) is 3.04. The molecule has 3 aromatic rings. The number of rotatable bonds is 4. The lowest BCUT2D eigenvalue weighted by atomic mass is 9.93. The van der Waals surface area contributed by atoms with Crippen LogP contribution in [0.4, 0.5) is 22.0 Å². The first-order valence-corrected chi connectivity index (χ1v) is 9.85. The molecule has 0 heterocycles. The Kier molecular flexibility index (Phi) is 5.57. The van der Waals surface area contributed by atoms with Crippen LogP contribution < -0.4 is 9.88 Å². The van der Waals surface area contributed by atoms with Crippen molar-refractivity contribution in [1.82, 2.24) is 0 Å². The van der Waals surface area contributed by atoms with Gasteiger partial charge in [-0.15, -0.1) is 0 Å². The van der Waals surface area contributed by atoms with E-state index < -0.39 is 39.1 Å². The highest BCUT2D eigenvalue weighted by Crippen LogP contribution is 2.41. The molecule has 0 saturated heterocycles. The molecule has 10 heteroatoms. The van der Waals surface area contributed by atoms with Gasteiger partial charge in [0, 0.05) is 5.56 Å². The maximum atomic E-state index is 14.0. The first kappa shape index (κ1) is 21.7. The minimum atomic E-state index is -4.69. The van der Waals surface area contributed by atoms with Gasteiger partial charge in [-0.1, -0.05) is 24.3 Å². The van der Waals surface area contributed by atoms with Crippen LogP contribution >= 0.6 is 0 Å². The van der Waals surface area contributed by atoms with Gasteiger partial charge in [0.05, 0.1) is 17.6 Å². The zero-order valence-electron chi connectivity index (χ0n) is 15.3. The molecule has 0 radical (unpaired) electrons. The maximum Gasteiger partial charge on any atom is 0.419 e. The van der Waals surface area contributed by atoms with Gasteiger partial charge < -0.3 is 4.74 Å². The van der Waals surface area contributed by atoms with Gasteiger partial charge in [-0.3, -0.25) is 0 Å². The van der Waals surface area contributed by atoms with E-state index in [2.05, 4.69) is 0 Å². The minimum Gasteiger partial charge on any atom is -0.496 e. The van der Waals surface area contributed by atoms with E-state index in [0.717, 1.165) is 37.4 Å². The number of halogens is 5. The van der Waals surface area contributed by atoms with Gasteiger partial charge in [-0.2, -0.15) is 13.2 Å². The molecule has 0 aliphatic carbocycles. The maximum absolute atomic E-state index is 14.0. The van der Waals surface area contributed by atoms with Crippen LogP contribution in [0.25, 0.3) is 22.3 Å². The minimum absolute atomic E-state index is 0.0345. The predicted octanol–water partition coefficient (Wildman–Crippen LogP) is 4.97. The average Bonchev–Trinajstić information content (AvgIpc) is 2.68. The summed E-state index contributed by atoms with van der Waals surface area (Å²) in [5.41, 5.74) is -1.15. The first-order chi connectivity index (χ1) is 13.9. The third-order valence-corrected chi connectivity index (χ3v) is 5.33. The van der Waals surface area contributed by atoms with E-state index in [1.165, 1.54) is 24.3 Å².